The molecule has 34 heavy (non-hydrogen) atoms. The fourth-order valence-corrected chi connectivity index (χ4v) is 5.32. The van der Waals surface area contributed by atoms with Gasteiger partial charge in [0.15, 0.2) is 0 Å². The highest BCUT2D eigenvalue weighted by molar-refractivity contribution is 6.13. The highest BCUT2D eigenvalue weighted by Gasteiger charge is 2.28. The molecule has 0 radical (unpaired) electrons. The molecule has 162 valence electrons. The van der Waals surface area contributed by atoms with Crippen LogP contribution in [0.1, 0.15) is 17.2 Å². The number of aromatic nitrogens is 1. The molecule has 0 bridgehead atoms. The summed E-state index contributed by atoms with van der Waals surface area (Å²) in [4.78, 5) is 0. The van der Waals surface area contributed by atoms with Crippen molar-refractivity contribution in [1.82, 2.24) is 4.57 Å². The Kier molecular flexibility index (Phi) is 4.31. The molecule has 1 aromatic heterocycles. The van der Waals surface area contributed by atoms with E-state index >= 15 is 0 Å². The van der Waals surface area contributed by atoms with Gasteiger partial charge in [-0.25, -0.2) is 0 Å². The number of fused-ring (bicyclic) bond motifs is 5. The highest BCUT2D eigenvalue weighted by Crippen LogP contribution is 2.46. The number of nitrogens with zero attached hydrogens (tertiary/aromatic N) is 1. The van der Waals surface area contributed by atoms with Gasteiger partial charge in [-0.1, -0.05) is 97.1 Å². The lowest BCUT2D eigenvalue weighted by atomic mass is 10.0. The molecule has 0 spiro atoms. The fraction of sp³-hybridized carbons (Fsp3) is 0.0625. The van der Waals surface area contributed by atoms with Crippen molar-refractivity contribution in [3.8, 4) is 22.6 Å². The molecule has 1 atom stereocenters. The van der Waals surface area contributed by atoms with Crippen LogP contribution >= 0.6 is 0 Å². The lowest BCUT2D eigenvalue weighted by molar-refractivity contribution is 0.241. The molecule has 2 heteroatoms. The second-order valence-electron chi connectivity index (χ2n) is 8.93. The van der Waals surface area contributed by atoms with Gasteiger partial charge in [-0.05, 0) is 46.5 Å². The monoisotopic (exact) mass is 437 g/mol. The van der Waals surface area contributed by atoms with Gasteiger partial charge >= 0.3 is 0 Å². The molecule has 1 unspecified atom stereocenters. The predicted octanol–water partition coefficient (Wildman–Crippen LogP) is 8.13. The third-order valence-corrected chi connectivity index (χ3v) is 6.94. The van der Waals surface area contributed by atoms with Crippen LogP contribution < -0.4 is 4.74 Å². The zero-order valence-electron chi connectivity index (χ0n) is 18.7. The van der Waals surface area contributed by atoms with E-state index in [2.05, 4.69) is 126 Å². The zero-order chi connectivity index (χ0) is 22.5. The maximum atomic E-state index is 6.63. The molecule has 0 saturated heterocycles. The second-order valence-corrected chi connectivity index (χ2v) is 8.93. The van der Waals surface area contributed by atoms with Crippen molar-refractivity contribution >= 4 is 21.8 Å². The topological polar surface area (TPSA) is 14.2 Å². The van der Waals surface area contributed by atoms with E-state index in [4.69, 9.17) is 4.74 Å². The number of hydrogen-bond donors (Lipinski definition) is 0. The van der Waals surface area contributed by atoms with E-state index in [1.807, 2.05) is 0 Å². The van der Waals surface area contributed by atoms with Crippen LogP contribution in [0, 0.1) is 0 Å². The van der Waals surface area contributed by atoms with Crippen LogP contribution in [-0.4, -0.2) is 4.57 Å². The zero-order valence-corrected chi connectivity index (χ0v) is 18.7. The Morgan fingerprint density at radius 1 is 0.588 bits per heavy atom. The standard InChI is InChI=1S/C32H23NO/c1-3-9-22(10-4-1)23-15-18-26(19-16-23)33-28-14-8-7-13-27(28)31-29(33)20-17-25-21-30(34-32(25)31)24-11-5-2-6-12-24/h1-20,30H,21H2. The molecule has 0 N–H and O–H groups in total. The minimum atomic E-state index is 0.0640. The van der Waals surface area contributed by atoms with Gasteiger partial charge in [-0.2, -0.15) is 0 Å². The van der Waals surface area contributed by atoms with Crippen molar-refractivity contribution in [3.63, 3.8) is 0 Å². The van der Waals surface area contributed by atoms with E-state index in [1.54, 1.807) is 0 Å². The van der Waals surface area contributed by atoms with Crippen LogP contribution in [0.15, 0.2) is 121 Å². The summed E-state index contributed by atoms with van der Waals surface area (Å²) in [7, 11) is 0. The van der Waals surface area contributed by atoms with Gasteiger partial charge < -0.3 is 9.30 Å². The molecule has 2 nitrogen and oxygen atoms in total. The molecule has 0 aliphatic carbocycles. The second kappa shape index (κ2) is 7.64. The van der Waals surface area contributed by atoms with E-state index < -0.39 is 0 Å². The van der Waals surface area contributed by atoms with Crippen molar-refractivity contribution in [2.24, 2.45) is 0 Å². The van der Waals surface area contributed by atoms with Gasteiger partial charge in [0.1, 0.15) is 11.9 Å². The van der Waals surface area contributed by atoms with Gasteiger partial charge in [0.05, 0.1) is 16.4 Å². The van der Waals surface area contributed by atoms with E-state index in [1.165, 1.54) is 44.1 Å². The van der Waals surface area contributed by atoms with Crippen LogP contribution in [0.25, 0.3) is 38.6 Å². The summed E-state index contributed by atoms with van der Waals surface area (Å²) in [5, 5.41) is 2.44. The summed E-state index contributed by atoms with van der Waals surface area (Å²) in [6, 6.07) is 43.1. The van der Waals surface area contributed by atoms with Crippen LogP contribution in [0.3, 0.4) is 0 Å². The predicted molar refractivity (Wildman–Crippen MR) is 140 cm³/mol. The van der Waals surface area contributed by atoms with E-state index in [-0.39, 0.29) is 6.10 Å². The Morgan fingerprint density at radius 2 is 1.26 bits per heavy atom. The Hall–Kier alpha value is -4.30. The van der Waals surface area contributed by atoms with Crippen LogP contribution in [0.2, 0.25) is 0 Å². The van der Waals surface area contributed by atoms with Crippen molar-refractivity contribution in [1.29, 1.82) is 0 Å². The first kappa shape index (κ1) is 19.2. The van der Waals surface area contributed by atoms with Gasteiger partial charge in [0.25, 0.3) is 0 Å². The summed E-state index contributed by atoms with van der Waals surface area (Å²) in [5.41, 5.74) is 8.50. The minimum Gasteiger partial charge on any atom is -0.484 e. The highest BCUT2D eigenvalue weighted by atomic mass is 16.5. The van der Waals surface area contributed by atoms with Crippen molar-refractivity contribution in [2.75, 3.05) is 0 Å². The number of benzene rings is 5. The Morgan fingerprint density at radius 3 is 2.06 bits per heavy atom. The van der Waals surface area contributed by atoms with Gasteiger partial charge in [-0.3, -0.25) is 0 Å². The lowest BCUT2D eigenvalue weighted by Gasteiger charge is -2.11. The summed E-state index contributed by atoms with van der Waals surface area (Å²) in [6.45, 7) is 0. The number of para-hydroxylation sites is 1. The van der Waals surface area contributed by atoms with Gasteiger partial charge in [0, 0.05) is 17.5 Å². The molecular formula is C32H23NO. The first-order chi connectivity index (χ1) is 16.9. The minimum absolute atomic E-state index is 0.0640. The Bertz CT molecular complexity index is 1630. The average molecular weight is 438 g/mol. The largest absolute Gasteiger partial charge is 0.484 e. The van der Waals surface area contributed by atoms with Gasteiger partial charge in [-0.15, -0.1) is 0 Å². The molecule has 0 fully saturated rings. The van der Waals surface area contributed by atoms with Crippen LogP contribution in [-0.2, 0) is 6.42 Å². The normalized spacial score (nSPS) is 14.9. The maximum absolute atomic E-state index is 6.63. The average Bonchev–Trinajstić information content (AvgIpc) is 3.49. The third-order valence-electron chi connectivity index (χ3n) is 6.94. The molecule has 5 aromatic carbocycles. The quantitative estimate of drug-likeness (QED) is 0.273. The summed E-state index contributed by atoms with van der Waals surface area (Å²) in [6.07, 6.45) is 0.967. The first-order valence-corrected chi connectivity index (χ1v) is 11.8. The summed E-state index contributed by atoms with van der Waals surface area (Å²) in [5.74, 6) is 1.03. The van der Waals surface area contributed by atoms with E-state index in [0.717, 1.165) is 17.9 Å². The van der Waals surface area contributed by atoms with Gasteiger partial charge in [0.2, 0.25) is 0 Å². The smallest absolute Gasteiger partial charge is 0.133 e. The summed E-state index contributed by atoms with van der Waals surface area (Å²) >= 11 is 0. The van der Waals surface area contributed by atoms with Crippen LogP contribution in [0.4, 0.5) is 0 Å². The molecule has 6 aromatic rings. The van der Waals surface area contributed by atoms with E-state index in [9.17, 15) is 0 Å². The van der Waals surface area contributed by atoms with Crippen molar-refractivity contribution in [3.05, 3.63) is 132 Å². The molecule has 2 heterocycles. The van der Waals surface area contributed by atoms with Crippen molar-refractivity contribution < 1.29 is 4.74 Å². The number of hydrogen-bond acceptors (Lipinski definition) is 1. The molecule has 7 rings (SSSR count). The summed E-state index contributed by atoms with van der Waals surface area (Å²) < 4.78 is 8.99. The molecule has 0 amide bonds. The lowest BCUT2D eigenvalue weighted by Crippen LogP contribution is -2.02. The maximum Gasteiger partial charge on any atom is 0.133 e. The Labute approximate surface area is 198 Å². The number of ether oxygens (including phenoxy) is 1. The van der Waals surface area contributed by atoms with Crippen molar-refractivity contribution in [2.45, 2.75) is 12.5 Å². The molecule has 0 saturated carbocycles. The molecule has 1 aliphatic heterocycles. The first-order valence-electron chi connectivity index (χ1n) is 11.8. The van der Waals surface area contributed by atoms with E-state index in [0.29, 0.717) is 0 Å². The molecule has 1 aliphatic rings. The SMILES string of the molecule is c1ccc(-c2ccc(-n3c4ccccc4c4c5c(ccc43)CC(c3ccccc3)O5)cc2)cc1. The molecular weight excluding hydrogens is 414 g/mol. The Balaban J connectivity index is 1.39. The fourth-order valence-electron chi connectivity index (χ4n) is 5.32. The third kappa shape index (κ3) is 2.96. The van der Waals surface area contributed by atoms with Crippen LogP contribution in [0.5, 0.6) is 5.75 Å². The number of rotatable bonds is 3.